The Kier molecular flexibility index (Phi) is 23.2. The molecule has 2 heterocycles. The zero-order valence-corrected chi connectivity index (χ0v) is 53.9. The normalized spacial score (nSPS) is 24.4. The highest BCUT2D eigenvalue weighted by molar-refractivity contribution is 6.02. The Morgan fingerprint density at radius 3 is 1.27 bits per heavy atom. The van der Waals surface area contributed by atoms with Crippen LogP contribution in [0, 0.1) is 29.6 Å². The van der Waals surface area contributed by atoms with Crippen molar-refractivity contribution in [3.8, 4) is 5.75 Å². The van der Waals surface area contributed by atoms with Crippen molar-refractivity contribution in [1.82, 2.24) is 41.7 Å². The van der Waals surface area contributed by atoms with Gasteiger partial charge in [-0.3, -0.25) is 47.9 Å². The number of benzene rings is 5. The average molecular weight is 1330 g/mol. The van der Waals surface area contributed by atoms with Gasteiger partial charge in [-0.1, -0.05) is 121 Å². The zero-order valence-electron chi connectivity index (χ0n) is 53.9. The van der Waals surface area contributed by atoms with Crippen molar-refractivity contribution >= 4 is 59.0 Å². The lowest BCUT2D eigenvalue weighted by Gasteiger charge is -2.21. The van der Waals surface area contributed by atoms with Gasteiger partial charge in [-0.25, -0.2) is 0 Å². The number of rotatable bonds is 35. The van der Waals surface area contributed by atoms with Crippen LogP contribution >= 0.6 is 0 Å². The van der Waals surface area contributed by atoms with Crippen molar-refractivity contribution in [3.63, 3.8) is 0 Å². The molecule has 2 saturated heterocycles. The molecular formula is C73H84N8O16. The van der Waals surface area contributed by atoms with E-state index in [0.29, 0.717) is 12.8 Å². The van der Waals surface area contributed by atoms with Crippen LogP contribution in [0.3, 0.4) is 0 Å². The predicted molar refractivity (Wildman–Crippen MR) is 352 cm³/mol. The standard InChI is InChI=1S/C73H84N8O16/c82-42-49(67(87)74-24-26-95-28-30-96-29-27-94-25-23-66(85)86)31-50(83)37-75-65(84)43-97-64-32-48(72(92)80-38-56(68(88)76-60-33-52(60)44-13-5-1-6-14-44)57(39-80)69(89)77-61-34-53(61)45-15-7-2-8-16-45)21-22-51(64)73(93)81-40-58(70(90)78-62-35-54(62)46-17-9-3-10-18-46)59(41-81)71(91)79-63-36-55(63)47-19-11-4-12-20-47/h1-22,32,49,52-63,82H,23-31,33-43H2,(H,74,87)(H,75,84)(H,76,88)(H,77,89)(H,78,90)(H,79,91)(H,85,86)/t49-,52+,53+,54+,55+,56+,57+,58+,59+,60-,61-,62-,63-/m0/s1. The van der Waals surface area contributed by atoms with Gasteiger partial charge in [0.15, 0.2) is 12.4 Å². The Morgan fingerprint density at radius 2 is 0.866 bits per heavy atom. The molecule has 5 aromatic carbocycles. The maximum absolute atomic E-state index is 15.1. The first-order valence-electron chi connectivity index (χ1n) is 33.5. The summed E-state index contributed by atoms with van der Waals surface area (Å²) in [6.45, 7) is -1.47. The summed E-state index contributed by atoms with van der Waals surface area (Å²) in [5.41, 5.74) is 4.19. The van der Waals surface area contributed by atoms with E-state index in [0.717, 1.165) is 35.1 Å². The van der Waals surface area contributed by atoms with Gasteiger partial charge >= 0.3 is 5.97 Å². The number of aliphatic hydroxyl groups excluding tert-OH is 1. The Hall–Kier alpha value is -9.36. The Bertz CT molecular complexity index is 3470. The fraction of sp³-hybridized carbons (Fsp3) is 0.452. The van der Waals surface area contributed by atoms with Crippen molar-refractivity contribution in [2.45, 2.75) is 86.4 Å². The third-order valence-electron chi connectivity index (χ3n) is 19.1. The van der Waals surface area contributed by atoms with Crippen molar-refractivity contribution in [1.29, 1.82) is 0 Å². The third kappa shape index (κ3) is 18.6. The van der Waals surface area contributed by atoms with Gasteiger partial charge < -0.3 is 70.9 Å². The Balaban J connectivity index is 0.770. The number of aliphatic carboxylic acids is 1. The summed E-state index contributed by atoms with van der Waals surface area (Å²) >= 11 is 0. The largest absolute Gasteiger partial charge is 0.483 e. The Morgan fingerprint density at radius 1 is 0.474 bits per heavy atom. The number of carboxylic acids is 1. The molecule has 0 spiro atoms. The van der Waals surface area contributed by atoms with Gasteiger partial charge in [0.1, 0.15) is 5.75 Å². The lowest BCUT2D eigenvalue weighted by molar-refractivity contribution is -0.138. The summed E-state index contributed by atoms with van der Waals surface area (Å²) in [6.07, 6.45) is 2.30. The van der Waals surface area contributed by atoms with Gasteiger partial charge in [0, 0.05) is 92.5 Å². The Labute approximate surface area is 562 Å². The van der Waals surface area contributed by atoms with Crippen molar-refractivity contribution in [2.24, 2.45) is 29.6 Å². The summed E-state index contributed by atoms with van der Waals surface area (Å²) in [5, 5.41) is 36.4. The van der Waals surface area contributed by atoms with Crippen LogP contribution in [0.5, 0.6) is 5.75 Å². The van der Waals surface area contributed by atoms with E-state index in [2.05, 4.69) is 31.9 Å². The number of carbonyl (C=O) groups excluding carboxylic acids is 9. The molecule has 0 radical (unpaired) electrons. The summed E-state index contributed by atoms with van der Waals surface area (Å²) < 4.78 is 22.1. The molecule has 0 unspecified atom stereocenters. The van der Waals surface area contributed by atoms with Crippen LogP contribution in [-0.4, -0.2) is 195 Å². The second-order valence-electron chi connectivity index (χ2n) is 26.0. The summed E-state index contributed by atoms with van der Waals surface area (Å²) in [5.74, 6) is -10.5. The minimum Gasteiger partial charge on any atom is -0.483 e. The van der Waals surface area contributed by atoms with Crippen molar-refractivity contribution in [3.05, 3.63) is 173 Å². The van der Waals surface area contributed by atoms with Crippen LogP contribution < -0.4 is 36.6 Å². The van der Waals surface area contributed by atoms with Crippen molar-refractivity contribution < 1.29 is 77.1 Å². The minimum atomic E-state index is -1.15. The number of carbonyl (C=O) groups is 10. The number of nitrogens with zero attached hydrogens (tertiary/aromatic N) is 2. The van der Waals surface area contributed by atoms with E-state index in [1.54, 1.807) is 0 Å². The number of hydrogen-bond acceptors (Lipinski definition) is 15. The van der Waals surface area contributed by atoms with E-state index in [4.69, 9.17) is 24.1 Å². The number of hydrogen-bond donors (Lipinski definition) is 8. The molecule has 5 aromatic rings. The third-order valence-corrected chi connectivity index (χ3v) is 19.1. The lowest BCUT2D eigenvalue weighted by Crippen LogP contribution is -2.43. The van der Waals surface area contributed by atoms with Crippen LogP contribution in [0.4, 0.5) is 0 Å². The van der Waals surface area contributed by atoms with E-state index in [1.807, 2.05) is 121 Å². The first-order valence-corrected chi connectivity index (χ1v) is 33.5. The van der Waals surface area contributed by atoms with Crippen LogP contribution in [0.15, 0.2) is 140 Å². The first-order chi connectivity index (χ1) is 47.1. The van der Waals surface area contributed by atoms with Crippen LogP contribution in [0.2, 0.25) is 0 Å². The highest BCUT2D eigenvalue weighted by Crippen LogP contribution is 2.45. The minimum absolute atomic E-state index is 0.00602. The lowest BCUT2D eigenvalue weighted by atomic mass is 9.94. The van der Waals surface area contributed by atoms with Gasteiger partial charge in [-0.2, -0.15) is 0 Å². The molecule has 4 saturated carbocycles. The topological polar surface area (TPSA) is 327 Å². The summed E-state index contributed by atoms with van der Waals surface area (Å²) in [4.78, 5) is 141. The smallest absolute Gasteiger partial charge is 0.305 e. The second kappa shape index (κ2) is 32.6. The zero-order chi connectivity index (χ0) is 68.0. The molecule has 6 fully saturated rings. The number of likely N-dealkylation sites (tertiary alicyclic amines) is 2. The molecule has 8 N–H and O–H groups in total. The van der Waals surface area contributed by atoms with Gasteiger partial charge in [0.05, 0.1) is 94.4 Å². The number of ether oxygens (including phenoxy) is 4. The number of ketones is 1. The summed E-state index contributed by atoms with van der Waals surface area (Å²) in [7, 11) is 0. The quantitative estimate of drug-likeness (QED) is 0.0269. The van der Waals surface area contributed by atoms with Crippen LogP contribution in [-0.2, 0) is 52.6 Å². The van der Waals surface area contributed by atoms with Crippen molar-refractivity contribution in [2.75, 3.05) is 92.1 Å². The van der Waals surface area contributed by atoms with Gasteiger partial charge in [0.2, 0.25) is 29.5 Å². The molecule has 97 heavy (non-hydrogen) atoms. The second-order valence-corrected chi connectivity index (χ2v) is 26.0. The number of carboxylic acid groups (broad SMARTS) is 1. The molecular weight excluding hydrogens is 1240 g/mol. The predicted octanol–water partition coefficient (Wildman–Crippen LogP) is 3.46. The molecule has 11 rings (SSSR count). The number of Topliss-reactive ketones (excluding diaryl/α,β-unsaturated/α-hetero) is 1. The van der Waals surface area contributed by atoms with E-state index in [1.165, 1.54) is 28.0 Å². The average Bonchev–Trinajstić information content (AvgIpc) is 1.66. The number of nitrogens with one attached hydrogen (secondary N) is 6. The van der Waals surface area contributed by atoms with E-state index >= 15 is 4.79 Å². The van der Waals surface area contributed by atoms with Crippen LogP contribution in [0.1, 0.15) is 105 Å². The van der Waals surface area contributed by atoms with Gasteiger partial charge in [-0.05, 0) is 66.1 Å². The molecule has 2 aliphatic heterocycles. The number of aliphatic hydroxyl groups is 1. The number of amides is 8. The molecule has 24 nitrogen and oxygen atoms in total. The molecule has 0 bridgehead atoms. The first kappa shape index (κ1) is 69.0. The molecule has 512 valence electrons. The van der Waals surface area contributed by atoms with Gasteiger partial charge in [-0.15, -0.1) is 0 Å². The molecule has 6 aliphatic rings. The highest BCUT2D eigenvalue weighted by Gasteiger charge is 2.51. The van der Waals surface area contributed by atoms with E-state index in [-0.39, 0.29) is 167 Å². The summed E-state index contributed by atoms with van der Waals surface area (Å²) in [6, 6.07) is 42.6. The van der Waals surface area contributed by atoms with Gasteiger partial charge in [0.25, 0.3) is 17.7 Å². The molecule has 4 aliphatic carbocycles. The molecule has 8 amide bonds. The SMILES string of the molecule is O=C(O)CCOCCOCCOCCNC(=O)[C@H](CO)CC(=O)CNC(=O)COc1cc(C(=O)N2C[C@@H](C(=O)N[C@H]3C[C@@H]3c3ccccc3)[C@H](C(=O)N[C@H]3C[C@@H]3c3ccccc3)C2)ccc1C(=O)N1C[C@@H](C(=O)N[C@H]2C[C@@H]2c2ccccc2)[C@H](C(=O)N[C@H]2C[C@@H]2c2ccccc2)C1. The fourth-order valence-corrected chi connectivity index (χ4v) is 13.2. The maximum atomic E-state index is 15.1. The van der Waals surface area contributed by atoms with Crippen LogP contribution in [0.25, 0.3) is 0 Å². The molecule has 13 atom stereocenters. The van der Waals surface area contributed by atoms with E-state index in [9.17, 15) is 48.3 Å². The highest BCUT2D eigenvalue weighted by atomic mass is 16.5. The molecule has 0 aromatic heterocycles. The van der Waals surface area contributed by atoms with E-state index < -0.39 is 91.2 Å². The monoisotopic (exact) mass is 1330 g/mol. The fourth-order valence-electron chi connectivity index (χ4n) is 13.2. The molecule has 24 heteroatoms. The maximum Gasteiger partial charge on any atom is 0.305 e.